The molecule has 1 aliphatic rings. The third kappa shape index (κ3) is 3.90. The molecule has 5 heteroatoms. The minimum atomic E-state index is -0.270. The Morgan fingerprint density at radius 3 is 2.38 bits per heavy atom. The number of hydrogen-bond donors (Lipinski definition) is 1. The number of carbonyl (C=O) groups excluding carboxylic acids is 1. The normalized spacial score (nSPS) is 16.9. The molecule has 1 amide bonds. The first-order chi connectivity index (χ1) is 13.9. The standard InChI is InChI=1S/C24H26FN3O/c1-16-4-10-21(11-5-16)28-13-12-27(15-17(28)2)24(29)22-14-23(26-18(22)3)19-6-8-20(25)9-7-19/h4-11,14,17,26H,12-13,15H2,1-3H3/t17-/m1/s1. The number of amides is 1. The largest absolute Gasteiger partial charge is 0.365 e. The van der Waals surface area contributed by atoms with Crippen molar-refractivity contribution in [2.24, 2.45) is 0 Å². The van der Waals surface area contributed by atoms with Crippen molar-refractivity contribution in [2.45, 2.75) is 26.8 Å². The lowest BCUT2D eigenvalue weighted by atomic mass is 10.1. The lowest BCUT2D eigenvalue weighted by Gasteiger charge is -2.41. The number of H-pyrrole nitrogens is 1. The second-order valence-corrected chi connectivity index (χ2v) is 7.86. The Balaban J connectivity index is 1.49. The van der Waals surface area contributed by atoms with Gasteiger partial charge in [-0.25, -0.2) is 4.39 Å². The summed E-state index contributed by atoms with van der Waals surface area (Å²) in [6.45, 7) is 8.34. The molecular formula is C24H26FN3O. The predicted molar refractivity (Wildman–Crippen MR) is 115 cm³/mol. The fraction of sp³-hybridized carbons (Fsp3) is 0.292. The molecule has 4 rings (SSSR count). The molecule has 4 nitrogen and oxygen atoms in total. The van der Waals surface area contributed by atoms with Gasteiger partial charge in [-0.2, -0.15) is 0 Å². The summed E-state index contributed by atoms with van der Waals surface area (Å²) in [5.74, 6) is -0.226. The summed E-state index contributed by atoms with van der Waals surface area (Å²) < 4.78 is 13.2. The minimum Gasteiger partial charge on any atom is -0.365 e. The minimum absolute atomic E-state index is 0.0440. The van der Waals surface area contributed by atoms with Gasteiger partial charge in [-0.1, -0.05) is 17.7 Å². The molecular weight excluding hydrogens is 365 g/mol. The quantitative estimate of drug-likeness (QED) is 0.697. The Morgan fingerprint density at radius 2 is 1.72 bits per heavy atom. The van der Waals surface area contributed by atoms with Crippen LogP contribution in [0.3, 0.4) is 0 Å². The zero-order valence-corrected chi connectivity index (χ0v) is 17.1. The molecule has 1 saturated heterocycles. The number of nitrogens with zero attached hydrogens (tertiary/aromatic N) is 2. The smallest absolute Gasteiger partial charge is 0.255 e. The summed E-state index contributed by atoms with van der Waals surface area (Å²) >= 11 is 0. The van der Waals surface area contributed by atoms with E-state index < -0.39 is 0 Å². The van der Waals surface area contributed by atoms with E-state index >= 15 is 0 Å². The molecule has 1 atom stereocenters. The number of carbonyl (C=O) groups is 1. The van der Waals surface area contributed by atoms with Gasteiger partial charge in [0.1, 0.15) is 5.82 Å². The Hall–Kier alpha value is -3.08. The van der Waals surface area contributed by atoms with Gasteiger partial charge in [0.2, 0.25) is 0 Å². The second-order valence-electron chi connectivity index (χ2n) is 7.86. The Bertz CT molecular complexity index is 1010. The van der Waals surface area contributed by atoms with Gasteiger partial charge in [0, 0.05) is 42.8 Å². The van der Waals surface area contributed by atoms with Gasteiger partial charge < -0.3 is 14.8 Å². The molecule has 0 unspecified atom stereocenters. The van der Waals surface area contributed by atoms with Crippen molar-refractivity contribution in [3.8, 4) is 11.3 Å². The number of anilines is 1. The van der Waals surface area contributed by atoms with Gasteiger partial charge >= 0.3 is 0 Å². The van der Waals surface area contributed by atoms with Gasteiger partial charge in [0.05, 0.1) is 5.56 Å². The Morgan fingerprint density at radius 1 is 1.03 bits per heavy atom. The number of halogens is 1. The third-order valence-electron chi connectivity index (χ3n) is 5.68. The van der Waals surface area contributed by atoms with Crippen LogP contribution in [-0.4, -0.2) is 41.5 Å². The van der Waals surface area contributed by atoms with E-state index in [1.807, 2.05) is 17.9 Å². The number of piperazine rings is 1. The summed E-state index contributed by atoms with van der Waals surface area (Å²) in [4.78, 5) is 20.7. The summed E-state index contributed by atoms with van der Waals surface area (Å²) in [5.41, 5.74) is 5.66. The number of nitrogens with one attached hydrogen (secondary N) is 1. The second kappa shape index (κ2) is 7.74. The molecule has 29 heavy (non-hydrogen) atoms. The highest BCUT2D eigenvalue weighted by Crippen LogP contribution is 2.25. The molecule has 0 aliphatic carbocycles. The number of aromatic nitrogens is 1. The molecule has 0 spiro atoms. The fourth-order valence-corrected chi connectivity index (χ4v) is 4.00. The van der Waals surface area contributed by atoms with Crippen molar-refractivity contribution in [1.29, 1.82) is 0 Å². The van der Waals surface area contributed by atoms with Crippen LogP contribution < -0.4 is 4.90 Å². The zero-order valence-electron chi connectivity index (χ0n) is 17.1. The topological polar surface area (TPSA) is 39.3 Å². The van der Waals surface area contributed by atoms with Crippen LogP contribution in [0.5, 0.6) is 0 Å². The number of benzene rings is 2. The molecule has 0 bridgehead atoms. The van der Waals surface area contributed by atoms with E-state index in [0.717, 1.165) is 23.5 Å². The van der Waals surface area contributed by atoms with E-state index in [9.17, 15) is 9.18 Å². The summed E-state index contributed by atoms with van der Waals surface area (Å²) in [5, 5.41) is 0. The van der Waals surface area contributed by atoms with Gasteiger partial charge in [-0.3, -0.25) is 4.79 Å². The first-order valence-corrected chi connectivity index (χ1v) is 10.0. The number of aromatic amines is 1. The van der Waals surface area contributed by atoms with Crippen molar-refractivity contribution < 1.29 is 9.18 Å². The maximum absolute atomic E-state index is 13.2. The van der Waals surface area contributed by atoms with Crippen molar-refractivity contribution in [2.75, 3.05) is 24.5 Å². The zero-order chi connectivity index (χ0) is 20.5. The first-order valence-electron chi connectivity index (χ1n) is 10.0. The van der Waals surface area contributed by atoms with E-state index in [0.29, 0.717) is 18.7 Å². The highest BCUT2D eigenvalue weighted by molar-refractivity contribution is 5.97. The van der Waals surface area contributed by atoms with E-state index in [4.69, 9.17) is 0 Å². The van der Waals surface area contributed by atoms with Gasteiger partial charge in [0.25, 0.3) is 5.91 Å². The SMILES string of the molecule is Cc1ccc(N2CCN(C(=O)c3cc(-c4ccc(F)cc4)[nH]c3C)C[C@H]2C)cc1. The molecule has 1 aliphatic heterocycles. The summed E-state index contributed by atoms with van der Waals surface area (Å²) in [7, 11) is 0. The molecule has 1 aromatic heterocycles. The van der Waals surface area contributed by atoms with Crippen LogP contribution in [0.25, 0.3) is 11.3 Å². The first kappa shape index (κ1) is 19.2. The molecule has 0 saturated carbocycles. The molecule has 150 valence electrons. The monoisotopic (exact) mass is 391 g/mol. The number of rotatable bonds is 3. The van der Waals surface area contributed by atoms with Crippen LogP contribution in [0.15, 0.2) is 54.6 Å². The number of aryl methyl sites for hydroxylation is 2. The van der Waals surface area contributed by atoms with Crippen LogP contribution in [0.1, 0.15) is 28.5 Å². The van der Waals surface area contributed by atoms with Gasteiger partial charge in [-0.15, -0.1) is 0 Å². The Kier molecular flexibility index (Phi) is 5.14. The van der Waals surface area contributed by atoms with Gasteiger partial charge in [0.15, 0.2) is 0 Å². The molecule has 1 N–H and O–H groups in total. The van der Waals surface area contributed by atoms with Crippen molar-refractivity contribution >= 4 is 11.6 Å². The maximum Gasteiger partial charge on any atom is 0.255 e. The van der Waals surface area contributed by atoms with E-state index in [-0.39, 0.29) is 17.8 Å². The van der Waals surface area contributed by atoms with E-state index in [1.165, 1.54) is 23.4 Å². The predicted octanol–water partition coefficient (Wildman–Crippen LogP) is 4.79. The average molecular weight is 391 g/mol. The van der Waals surface area contributed by atoms with Crippen LogP contribution in [-0.2, 0) is 0 Å². The average Bonchev–Trinajstić information content (AvgIpc) is 3.10. The highest BCUT2D eigenvalue weighted by Gasteiger charge is 2.28. The summed E-state index contributed by atoms with van der Waals surface area (Å²) in [6, 6.07) is 17.0. The Labute approximate surface area is 171 Å². The van der Waals surface area contributed by atoms with Crippen LogP contribution in [0, 0.1) is 19.7 Å². The van der Waals surface area contributed by atoms with E-state index in [2.05, 4.69) is 48.0 Å². The lowest BCUT2D eigenvalue weighted by Crippen LogP contribution is -2.53. The van der Waals surface area contributed by atoms with Crippen LogP contribution in [0.4, 0.5) is 10.1 Å². The van der Waals surface area contributed by atoms with Crippen molar-refractivity contribution in [3.05, 3.63) is 77.2 Å². The van der Waals surface area contributed by atoms with Crippen molar-refractivity contribution in [1.82, 2.24) is 9.88 Å². The molecule has 1 fully saturated rings. The van der Waals surface area contributed by atoms with Crippen LogP contribution in [0.2, 0.25) is 0 Å². The third-order valence-corrected chi connectivity index (χ3v) is 5.68. The van der Waals surface area contributed by atoms with Crippen LogP contribution >= 0.6 is 0 Å². The van der Waals surface area contributed by atoms with Crippen molar-refractivity contribution in [3.63, 3.8) is 0 Å². The number of hydrogen-bond acceptors (Lipinski definition) is 2. The summed E-state index contributed by atoms with van der Waals surface area (Å²) in [6.07, 6.45) is 0. The molecule has 2 aromatic carbocycles. The molecule has 0 radical (unpaired) electrons. The van der Waals surface area contributed by atoms with E-state index in [1.54, 1.807) is 12.1 Å². The highest BCUT2D eigenvalue weighted by atomic mass is 19.1. The van der Waals surface area contributed by atoms with Gasteiger partial charge in [-0.05, 0) is 68.8 Å². The lowest BCUT2D eigenvalue weighted by molar-refractivity contribution is 0.0726. The molecule has 3 aromatic rings. The maximum atomic E-state index is 13.2. The molecule has 2 heterocycles. The fourth-order valence-electron chi connectivity index (χ4n) is 4.00.